The maximum Gasteiger partial charge on any atom is 0.322 e. The van der Waals surface area contributed by atoms with Crippen molar-refractivity contribution < 1.29 is 17.6 Å². The second-order valence-electron chi connectivity index (χ2n) is 6.61. The number of aromatic nitrogens is 2. The van der Waals surface area contributed by atoms with E-state index in [0.717, 1.165) is 10.5 Å². The Balaban J connectivity index is 1.57. The number of carbonyl (C=O) groups excluding carboxylic acids is 1. The van der Waals surface area contributed by atoms with Crippen molar-refractivity contribution in [3.8, 4) is 0 Å². The highest BCUT2D eigenvalue weighted by atomic mass is 32.2. The Morgan fingerprint density at radius 3 is 2.41 bits per heavy atom. The molecule has 0 bridgehead atoms. The van der Waals surface area contributed by atoms with Gasteiger partial charge in [0.05, 0.1) is 11.3 Å². The van der Waals surface area contributed by atoms with E-state index in [1.54, 1.807) is 30.0 Å². The number of rotatable bonds is 8. The molecule has 0 aliphatic heterocycles. The van der Waals surface area contributed by atoms with Gasteiger partial charge in [-0.25, -0.2) is 8.42 Å². The lowest BCUT2D eigenvalue weighted by atomic mass is 10.1. The van der Waals surface area contributed by atoms with Gasteiger partial charge < -0.3 is 4.42 Å². The van der Waals surface area contributed by atoms with E-state index in [1.165, 1.54) is 12.1 Å². The number of nitrogens with zero attached hydrogens (tertiary/aromatic N) is 2. The Labute approximate surface area is 173 Å². The molecule has 0 radical (unpaired) electrons. The van der Waals surface area contributed by atoms with Gasteiger partial charge in [0.1, 0.15) is 5.75 Å². The third-order valence-electron chi connectivity index (χ3n) is 3.79. The molecule has 1 amide bonds. The number of thioether (sulfide) groups is 1. The van der Waals surface area contributed by atoms with E-state index in [2.05, 4.69) is 29.4 Å². The molecule has 3 aromatic rings. The van der Waals surface area contributed by atoms with Gasteiger partial charge in [0, 0.05) is 10.1 Å². The van der Waals surface area contributed by atoms with E-state index in [1.807, 2.05) is 24.3 Å². The minimum absolute atomic E-state index is 0.0841. The number of nitrogens with one attached hydrogen (secondary N) is 1. The Kier molecular flexibility index (Phi) is 6.71. The van der Waals surface area contributed by atoms with Crippen LogP contribution in [0.15, 0.2) is 68.8 Å². The molecule has 0 atom stereocenters. The van der Waals surface area contributed by atoms with Crippen LogP contribution in [0.1, 0.15) is 25.3 Å². The zero-order chi connectivity index (χ0) is 20.9. The van der Waals surface area contributed by atoms with Crippen molar-refractivity contribution in [1.29, 1.82) is 0 Å². The quantitative estimate of drug-likeness (QED) is 0.542. The minimum atomic E-state index is -3.60. The number of hydrogen-bond donors (Lipinski definition) is 1. The highest BCUT2D eigenvalue weighted by molar-refractivity contribution is 7.99. The van der Waals surface area contributed by atoms with Crippen molar-refractivity contribution in [3.63, 3.8) is 0 Å². The molecule has 0 aliphatic carbocycles. The largest absolute Gasteiger partial charge is 0.407 e. The summed E-state index contributed by atoms with van der Waals surface area (Å²) in [6, 6.07) is 15.6. The fourth-order valence-corrected chi connectivity index (χ4v) is 4.56. The number of benzene rings is 2. The first-order valence-electron chi connectivity index (χ1n) is 8.97. The molecule has 1 N–H and O–H groups in total. The van der Waals surface area contributed by atoms with Crippen LogP contribution in [0, 0.1) is 0 Å². The van der Waals surface area contributed by atoms with Crippen LogP contribution in [0.4, 0.5) is 6.01 Å². The van der Waals surface area contributed by atoms with Crippen molar-refractivity contribution in [2.24, 2.45) is 0 Å². The highest BCUT2D eigenvalue weighted by Gasteiger charge is 2.20. The maximum atomic E-state index is 12.4. The third kappa shape index (κ3) is 6.16. The summed E-state index contributed by atoms with van der Waals surface area (Å²) in [4.78, 5) is 13.5. The molecule has 152 valence electrons. The first kappa shape index (κ1) is 21.1. The summed E-state index contributed by atoms with van der Waals surface area (Å²) in [5, 5.41) is 10.4. The van der Waals surface area contributed by atoms with Crippen LogP contribution in [0.25, 0.3) is 0 Å². The smallest absolute Gasteiger partial charge is 0.322 e. The minimum Gasteiger partial charge on any atom is -0.407 e. The third-order valence-corrected chi connectivity index (χ3v) is 6.42. The van der Waals surface area contributed by atoms with Crippen LogP contribution in [0.3, 0.4) is 0 Å². The summed E-state index contributed by atoms with van der Waals surface area (Å²) in [6.07, 6.45) is 0.145. The predicted octanol–water partition coefficient (Wildman–Crippen LogP) is 3.73. The summed E-state index contributed by atoms with van der Waals surface area (Å²) in [6.45, 7) is 4.24. The molecule has 2 aromatic carbocycles. The van der Waals surface area contributed by atoms with Crippen LogP contribution >= 0.6 is 11.8 Å². The lowest BCUT2D eigenvalue weighted by molar-refractivity contribution is -0.115. The SMILES string of the molecule is CC(C)Sc1ccc(CC(=O)Nc2nnc(CS(=O)(=O)c3ccccc3)o2)cc1. The van der Waals surface area contributed by atoms with Gasteiger partial charge >= 0.3 is 6.01 Å². The van der Waals surface area contributed by atoms with Crippen LogP contribution in [0.2, 0.25) is 0 Å². The summed E-state index contributed by atoms with van der Waals surface area (Å²) < 4.78 is 30.0. The van der Waals surface area contributed by atoms with Crippen molar-refractivity contribution in [3.05, 3.63) is 66.1 Å². The van der Waals surface area contributed by atoms with Gasteiger partial charge in [-0.2, -0.15) is 0 Å². The topological polar surface area (TPSA) is 102 Å². The van der Waals surface area contributed by atoms with Crippen LogP contribution in [0.5, 0.6) is 0 Å². The van der Waals surface area contributed by atoms with Crippen molar-refractivity contribution in [2.45, 2.75) is 41.1 Å². The zero-order valence-corrected chi connectivity index (χ0v) is 17.7. The fourth-order valence-electron chi connectivity index (χ4n) is 2.54. The lowest BCUT2D eigenvalue weighted by Gasteiger charge is -2.06. The Morgan fingerprint density at radius 2 is 1.76 bits per heavy atom. The molecule has 0 aliphatic rings. The first-order chi connectivity index (χ1) is 13.8. The monoisotopic (exact) mass is 431 g/mol. The summed E-state index contributed by atoms with van der Waals surface area (Å²) >= 11 is 1.75. The molecule has 0 saturated carbocycles. The standard InChI is InChI=1S/C20H21N3O4S2/c1-14(2)28-16-10-8-15(9-11-16)12-18(24)21-20-23-22-19(27-20)13-29(25,26)17-6-4-3-5-7-17/h3-11,14H,12-13H2,1-2H3,(H,21,23,24). The van der Waals surface area contributed by atoms with E-state index >= 15 is 0 Å². The number of amides is 1. The summed E-state index contributed by atoms with van der Waals surface area (Å²) in [7, 11) is -3.60. The molecule has 0 saturated heterocycles. The number of anilines is 1. The van der Waals surface area contributed by atoms with Gasteiger partial charge in [-0.15, -0.1) is 16.9 Å². The number of carbonyl (C=O) groups is 1. The lowest BCUT2D eigenvalue weighted by Crippen LogP contribution is -2.14. The first-order valence-corrected chi connectivity index (χ1v) is 11.5. The average Bonchev–Trinajstić information content (AvgIpc) is 3.09. The van der Waals surface area contributed by atoms with Crippen LogP contribution < -0.4 is 5.32 Å². The number of hydrogen-bond acceptors (Lipinski definition) is 7. The Morgan fingerprint density at radius 1 is 1.07 bits per heavy atom. The summed E-state index contributed by atoms with van der Waals surface area (Å²) in [5.41, 5.74) is 0.849. The number of sulfone groups is 1. The Hall–Kier alpha value is -2.65. The van der Waals surface area contributed by atoms with Gasteiger partial charge in [0.15, 0.2) is 9.84 Å². The second-order valence-corrected chi connectivity index (χ2v) is 10.2. The second kappa shape index (κ2) is 9.23. The van der Waals surface area contributed by atoms with E-state index in [-0.39, 0.29) is 29.1 Å². The molecule has 0 fully saturated rings. The van der Waals surface area contributed by atoms with Gasteiger partial charge in [-0.05, 0) is 29.8 Å². The van der Waals surface area contributed by atoms with Gasteiger partial charge in [0.2, 0.25) is 11.8 Å². The van der Waals surface area contributed by atoms with Gasteiger partial charge in [0.25, 0.3) is 0 Å². The maximum absolute atomic E-state index is 12.4. The molecule has 7 nitrogen and oxygen atoms in total. The molecule has 1 heterocycles. The fraction of sp³-hybridized carbons (Fsp3) is 0.250. The molecule has 0 spiro atoms. The highest BCUT2D eigenvalue weighted by Crippen LogP contribution is 2.23. The van der Waals surface area contributed by atoms with Gasteiger partial charge in [-0.1, -0.05) is 49.3 Å². The van der Waals surface area contributed by atoms with E-state index < -0.39 is 15.6 Å². The Bertz CT molecular complexity index is 1060. The van der Waals surface area contributed by atoms with Gasteiger partial charge in [-0.3, -0.25) is 10.1 Å². The molecule has 3 rings (SSSR count). The zero-order valence-electron chi connectivity index (χ0n) is 16.0. The van der Waals surface area contributed by atoms with Crippen LogP contribution in [-0.2, 0) is 26.8 Å². The van der Waals surface area contributed by atoms with Crippen molar-refractivity contribution >= 4 is 33.5 Å². The summed E-state index contributed by atoms with van der Waals surface area (Å²) in [5.74, 6) is -0.843. The molecule has 1 aromatic heterocycles. The normalized spacial score (nSPS) is 11.6. The molecule has 29 heavy (non-hydrogen) atoms. The molecule has 9 heteroatoms. The van der Waals surface area contributed by atoms with E-state index in [4.69, 9.17) is 4.42 Å². The molecular weight excluding hydrogens is 410 g/mol. The van der Waals surface area contributed by atoms with E-state index in [9.17, 15) is 13.2 Å². The van der Waals surface area contributed by atoms with Crippen molar-refractivity contribution in [2.75, 3.05) is 5.32 Å². The average molecular weight is 432 g/mol. The van der Waals surface area contributed by atoms with Crippen LogP contribution in [-0.4, -0.2) is 29.8 Å². The van der Waals surface area contributed by atoms with Crippen molar-refractivity contribution in [1.82, 2.24) is 10.2 Å². The molecule has 0 unspecified atom stereocenters. The van der Waals surface area contributed by atoms with E-state index in [0.29, 0.717) is 5.25 Å². The predicted molar refractivity (Wildman–Crippen MR) is 111 cm³/mol. The molecular formula is C20H21N3O4S2.